The van der Waals surface area contributed by atoms with Gasteiger partial charge in [0.1, 0.15) is 11.5 Å². The van der Waals surface area contributed by atoms with Crippen molar-refractivity contribution < 1.29 is 26.0 Å². The number of hydrogen-bond acceptors (Lipinski definition) is 5. The first kappa shape index (κ1) is 12.9. The Hall–Kier alpha value is -1.15. The maximum atomic E-state index is 12.2. The van der Waals surface area contributed by atoms with E-state index in [4.69, 9.17) is 4.74 Å². The minimum atomic E-state index is -5.06. The molecule has 8 heteroatoms. The number of esters is 1. The average Bonchev–Trinajstić information content (AvgIpc) is 2.06. The zero-order chi connectivity index (χ0) is 12.3. The Morgan fingerprint density at radius 3 is 2.50 bits per heavy atom. The van der Waals surface area contributed by atoms with Crippen LogP contribution in [0.3, 0.4) is 0 Å². The lowest BCUT2D eigenvalue weighted by molar-refractivity contribution is -0.131. The molecule has 88 valence electrons. The summed E-state index contributed by atoms with van der Waals surface area (Å²) in [6.45, 7) is 1.21. The summed E-state index contributed by atoms with van der Waals surface area (Å²) in [6.07, 6.45) is 0. The molecular weight excluding hydrogens is 307 g/mol. The molecule has 0 aliphatic rings. The summed E-state index contributed by atoms with van der Waals surface area (Å²) in [4.78, 5) is 10.6. The van der Waals surface area contributed by atoms with Crippen molar-refractivity contribution >= 4 is 32.4 Å². The van der Waals surface area contributed by atoms with Gasteiger partial charge in [-0.3, -0.25) is 4.79 Å². The largest absolute Gasteiger partial charge is 0.488 e. The Balaban J connectivity index is 2.95. The summed E-state index contributed by atoms with van der Waals surface area (Å²) in [7, 11) is -5.06. The molecule has 0 aliphatic carbocycles. The van der Waals surface area contributed by atoms with Gasteiger partial charge in [-0.25, -0.2) is 0 Å². The van der Waals surface area contributed by atoms with Crippen LogP contribution in [-0.4, -0.2) is 14.4 Å². The van der Waals surface area contributed by atoms with Crippen molar-refractivity contribution in [3.05, 3.63) is 22.7 Å². The zero-order valence-electron chi connectivity index (χ0n) is 7.94. The minimum absolute atomic E-state index is 0.177. The topological polar surface area (TPSA) is 69.7 Å². The number of hydrogen-bond donors (Lipinski definition) is 0. The molecule has 0 N–H and O–H groups in total. The van der Waals surface area contributed by atoms with Gasteiger partial charge in [0.05, 0.1) is 4.47 Å². The van der Waals surface area contributed by atoms with Gasteiger partial charge in [0.2, 0.25) is 0 Å². The molecule has 0 unspecified atom stereocenters. The fraction of sp³-hybridized carbons (Fsp3) is 0.125. The van der Waals surface area contributed by atoms with E-state index >= 15 is 0 Å². The van der Waals surface area contributed by atoms with Gasteiger partial charge in [0.15, 0.2) is 0 Å². The Morgan fingerprint density at radius 2 is 2.06 bits per heavy atom. The average molecular weight is 313 g/mol. The number of halogens is 2. The molecule has 0 amide bonds. The molecule has 1 aromatic carbocycles. The van der Waals surface area contributed by atoms with Gasteiger partial charge in [-0.2, -0.15) is 8.42 Å². The van der Waals surface area contributed by atoms with Crippen molar-refractivity contribution in [1.29, 1.82) is 0 Å². The number of benzene rings is 1. The van der Waals surface area contributed by atoms with Gasteiger partial charge in [0.25, 0.3) is 0 Å². The van der Waals surface area contributed by atoms with Crippen LogP contribution in [0.2, 0.25) is 0 Å². The van der Waals surface area contributed by atoms with Gasteiger partial charge in [0, 0.05) is 6.92 Å². The summed E-state index contributed by atoms with van der Waals surface area (Å²) >= 11 is 3.01. The normalized spacial score (nSPS) is 10.9. The van der Waals surface area contributed by atoms with Crippen molar-refractivity contribution in [2.24, 2.45) is 0 Å². The van der Waals surface area contributed by atoms with Crippen LogP contribution in [0.5, 0.6) is 11.5 Å². The second-order valence-electron chi connectivity index (χ2n) is 2.66. The Morgan fingerprint density at radius 1 is 1.44 bits per heavy atom. The highest BCUT2D eigenvalue weighted by molar-refractivity contribution is 9.10. The fourth-order valence-corrected chi connectivity index (χ4v) is 1.66. The molecule has 0 bridgehead atoms. The molecule has 0 saturated heterocycles. The van der Waals surface area contributed by atoms with Crippen molar-refractivity contribution in [2.75, 3.05) is 0 Å². The molecule has 5 nitrogen and oxygen atoms in total. The van der Waals surface area contributed by atoms with Crippen molar-refractivity contribution in [1.82, 2.24) is 0 Å². The summed E-state index contributed by atoms with van der Waals surface area (Å²) in [5.74, 6) is -0.589. The lowest BCUT2D eigenvalue weighted by atomic mass is 10.3. The van der Waals surface area contributed by atoms with Crippen LogP contribution in [0.1, 0.15) is 6.92 Å². The standard InChI is InChI=1S/C8H6BrFO5S/c1-5(11)14-8-3-2-6(4-7(8)9)15-16(10,12)13/h2-4H,1H3. The molecule has 16 heavy (non-hydrogen) atoms. The molecule has 0 saturated carbocycles. The highest BCUT2D eigenvalue weighted by Crippen LogP contribution is 2.30. The number of carbonyl (C=O) groups is 1. The van der Waals surface area contributed by atoms with E-state index in [0.29, 0.717) is 0 Å². The van der Waals surface area contributed by atoms with E-state index in [-0.39, 0.29) is 16.0 Å². The van der Waals surface area contributed by atoms with Crippen LogP contribution < -0.4 is 8.92 Å². The van der Waals surface area contributed by atoms with Crippen LogP contribution in [0.15, 0.2) is 22.7 Å². The Kier molecular flexibility index (Phi) is 3.87. The Labute approximate surface area is 99.7 Å². The maximum absolute atomic E-state index is 12.2. The highest BCUT2D eigenvalue weighted by Gasteiger charge is 2.12. The van der Waals surface area contributed by atoms with E-state index in [1.54, 1.807) is 0 Å². The third kappa shape index (κ3) is 4.15. The van der Waals surface area contributed by atoms with Crippen molar-refractivity contribution in [3.63, 3.8) is 0 Å². The molecule has 0 spiro atoms. The van der Waals surface area contributed by atoms with E-state index in [9.17, 15) is 17.1 Å². The molecular formula is C8H6BrFO5S. The quantitative estimate of drug-likeness (QED) is 0.485. The molecule has 1 aromatic rings. The van der Waals surface area contributed by atoms with E-state index in [1.807, 2.05) is 0 Å². The van der Waals surface area contributed by atoms with E-state index in [1.165, 1.54) is 13.0 Å². The maximum Gasteiger partial charge on any atom is 0.488 e. The molecule has 1 rings (SSSR count). The SMILES string of the molecule is CC(=O)Oc1ccc(OS(=O)(=O)F)cc1Br. The second-order valence-corrected chi connectivity index (χ2v) is 4.47. The van der Waals surface area contributed by atoms with Gasteiger partial charge >= 0.3 is 16.5 Å². The second kappa shape index (κ2) is 4.79. The first-order chi connectivity index (χ1) is 7.28. The Bertz CT molecular complexity index is 513. The van der Waals surface area contributed by atoms with E-state index in [0.717, 1.165) is 12.1 Å². The predicted octanol–water partition coefficient (Wildman–Crippen LogP) is 1.97. The van der Waals surface area contributed by atoms with Crippen LogP contribution in [0, 0.1) is 0 Å². The molecule has 0 heterocycles. The molecule has 0 fully saturated rings. The smallest absolute Gasteiger partial charge is 0.426 e. The fourth-order valence-electron chi connectivity index (χ4n) is 0.886. The van der Waals surface area contributed by atoms with Gasteiger partial charge in [-0.15, -0.1) is 0 Å². The molecule has 0 aromatic heterocycles. The summed E-state index contributed by atoms with van der Waals surface area (Å²) in [5, 5.41) is 0. The minimum Gasteiger partial charge on any atom is -0.426 e. The molecule has 0 radical (unpaired) electrons. The zero-order valence-corrected chi connectivity index (χ0v) is 10.3. The summed E-state index contributed by atoms with van der Waals surface area (Å²) in [5.41, 5.74) is 0. The third-order valence-corrected chi connectivity index (χ3v) is 2.36. The van der Waals surface area contributed by atoms with Crippen LogP contribution in [0.25, 0.3) is 0 Å². The third-order valence-electron chi connectivity index (χ3n) is 1.35. The molecule has 0 aliphatic heterocycles. The van der Waals surface area contributed by atoms with Gasteiger partial charge in [-0.05, 0) is 34.1 Å². The van der Waals surface area contributed by atoms with Gasteiger partial charge < -0.3 is 8.92 Å². The van der Waals surface area contributed by atoms with Crippen molar-refractivity contribution in [2.45, 2.75) is 6.92 Å². The van der Waals surface area contributed by atoms with E-state index in [2.05, 4.69) is 20.1 Å². The van der Waals surface area contributed by atoms with Gasteiger partial charge in [-0.1, -0.05) is 3.89 Å². The highest BCUT2D eigenvalue weighted by atomic mass is 79.9. The summed E-state index contributed by atoms with van der Waals surface area (Å²) < 4.78 is 41.5. The summed E-state index contributed by atoms with van der Waals surface area (Å²) in [6, 6.07) is 3.58. The first-order valence-corrected chi connectivity index (χ1v) is 6.00. The van der Waals surface area contributed by atoms with Crippen LogP contribution in [0.4, 0.5) is 3.89 Å². The van der Waals surface area contributed by atoms with Crippen LogP contribution in [-0.2, 0) is 15.3 Å². The van der Waals surface area contributed by atoms with E-state index < -0.39 is 16.5 Å². The monoisotopic (exact) mass is 312 g/mol. The number of rotatable bonds is 3. The van der Waals surface area contributed by atoms with Crippen molar-refractivity contribution in [3.8, 4) is 11.5 Å². The first-order valence-electron chi connectivity index (χ1n) is 3.90. The van der Waals surface area contributed by atoms with Crippen LogP contribution >= 0.6 is 15.9 Å². The number of carbonyl (C=O) groups excluding carboxylic acids is 1. The molecule has 0 atom stereocenters. The lowest BCUT2D eigenvalue weighted by Gasteiger charge is -2.05. The number of ether oxygens (including phenoxy) is 1. The predicted molar refractivity (Wildman–Crippen MR) is 56.1 cm³/mol. The lowest BCUT2D eigenvalue weighted by Crippen LogP contribution is -2.03.